The van der Waals surface area contributed by atoms with Crippen LogP contribution in [0.4, 0.5) is 5.13 Å². The summed E-state index contributed by atoms with van der Waals surface area (Å²) in [5, 5.41) is 12.0. The zero-order chi connectivity index (χ0) is 26.7. The van der Waals surface area contributed by atoms with Gasteiger partial charge in [0.2, 0.25) is 0 Å². The standard InChI is InChI=1S/C31H28N2O4S/c1-16(2)19-6-8-20(9-7-19)27-26(28(34)21-10-12-24-22(15-21)14-18(4)37-24)29(35)30(36)33(27)31-32-23-11-5-17(3)13-25(23)38-31/h5-13,15-16,18,27,34H,14H2,1-4H3/b28-26+/t18-,27-/m1/s1. The van der Waals surface area contributed by atoms with Gasteiger partial charge in [-0.05, 0) is 72.4 Å². The van der Waals surface area contributed by atoms with Crippen LogP contribution in [0.25, 0.3) is 16.0 Å². The van der Waals surface area contributed by atoms with E-state index in [1.165, 1.54) is 16.2 Å². The summed E-state index contributed by atoms with van der Waals surface area (Å²) in [6.45, 7) is 8.22. The van der Waals surface area contributed by atoms with Gasteiger partial charge in [0.15, 0.2) is 5.13 Å². The van der Waals surface area contributed by atoms with E-state index in [0.29, 0.717) is 16.6 Å². The Kier molecular flexibility index (Phi) is 5.83. The van der Waals surface area contributed by atoms with Crippen LogP contribution in [0.3, 0.4) is 0 Å². The molecular weight excluding hydrogens is 496 g/mol. The third-order valence-corrected chi connectivity index (χ3v) is 8.29. The number of benzene rings is 3. The fraction of sp³-hybridized carbons (Fsp3) is 0.258. The monoisotopic (exact) mass is 524 g/mol. The second-order valence-corrected chi connectivity index (χ2v) is 11.4. The van der Waals surface area contributed by atoms with Gasteiger partial charge in [0.1, 0.15) is 17.6 Å². The van der Waals surface area contributed by atoms with E-state index in [1.807, 2.05) is 68.4 Å². The van der Waals surface area contributed by atoms with Crippen molar-refractivity contribution in [3.63, 3.8) is 0 Å². The van der Waals surface area contributed by atoms with Crippen LogP contribution in [-0.4, -0.2) is 27.9 Å². The van der Waals surface area contributed by atoms with Crippen molar-refractivity contribution in [1.82, 2.24) is 4.98 Å². The molecule has 2 aliphatic rings. The van der Waals surface area contributed by atoms with Crippen LogP contribution < -0.4 is 9.64 Å². The van der Waals surface area contributed by atoms with Crippen molar-refractivity contribution < 1.29 is 19.4 Å². The topological polar surface area (TPSA) is 79.7 Å². The number of amides is 1. The summed E-state index contributed by atoms with van der Waals surface area (Å²) in [7, 11) is 0. The molecule has 0 aliphatic carbocycles. The molecule has 0 unspecified atom stereocenters. The summed E-state index contributed by atoms with van der Waals surface area (Å²) in [6, 6.07) is 18.4. The van der Waals surface area contributed by atoms with E-state index in [1.54, 1.807) is 6.07 Å². The van der Waals surface area contributed by atoms with Gasteiger partial charge in [-0.1, -0.05) is 55.5 Å². The Hall–Kier alpha value is -3.97. The number of carbonyl (C=O) groups is 2. The van der Waals surface area contributed by atoms with E-state index in [9.17, 15) is 14.7 Å². The van der Waals surface area contributed by atoms with E-state index in [0.717, 1.165) is 44.6 Å². The first-order chi connectivity index (χ1) is 18.2. The fourth-order valence-electron chi connectivity index (χ4n) is 5.26. The van der Waals surface area contributed by atoms with Gasteiger partial charge in [-0.3, -0.25) is 14.5 Å². The van der Waals surface area contributed by atoms with E-state index >= 15 is 0 Å². The van der Waals surface area contributed by atoms with E-state index < -0.39 is 17.7 Å². The SMILES string of the molecule is Cc1ccc2nc(N3C(=O)C(=O)/C(=C(/O)c4ccc5c(c4)C[C@@H](C)O5)[C@H]3c3ccc(C(C)C)cc3)sc2c1. The number of anilines is 1. The summed E-state index contributed by atoms with van der Waals surface area (Å²) < 4.78 is 6.74. The quantitative estimate of drug-likeness (QED) is 0.183. The third-order valence-electron chi connectivity index (χ3n) is 7.27. The van der Waals surface area contributed by atoms with Crippen molar-refractivity contribution in [2.24, 2.45) is 0 Å². The van der Waals surface area contributed by atoms with E-state index in [-0.39, 0.29) is 17.4 Å². The predicted octanol–water partition coefficient (Wildman–Crippen LogP) is 6.68. The second kappa shape index (κ2) is 9.10. The van der Waals surface area contributed by atoms with Gasteiger partial charge in [-0.25, -0.2) is 4.98 Å². The summed E-state index contributed by atoms with van der Waals surface area (Å²) in [5.41, 5.74) is 5.26. The summed E-state index contributed by atoms with van der Waals surface area (Å²) in [6.07, 6.45) is 0.769. The highest BCUT2D eigenvalue weighted by molar-refractivity contribution is 7.22. The molecule has 3 aromatic carbocycles. The summed E-state index contributed by atoms with van der Waals surface area (Å²) in [4.78, 5) is 33.3. The van der Waals surface area contributed by atoms with Gasteiger partial charge in [0.05, 0.1) is 21.8 Å². The maximum Gasteiger partial charge on any atom is 0.301 e. The molecule has 6 rings (SSSR count). The molecule has 0 saturated carbocycles. The van der Waals surface area contributed by atoms with Crippen molar-refractivity contribution in [2.75, 3.05) is 4.90 Å². The van der Waals surface area contributed by atoms with Crippen LogP contribution >= 0.6 is 11.3 Å². The van der Waals surface area contributed by atoms with E-state index in [4.69, 9.17) is 9.72 Å². The molecule has 6 nitrogen and oxygen atoms in total. The van der Waals surface area contributed by atoms with E-state index in [2.05, 4.69) is 13.8 Å². The number of aromatic nitrogens is 1. The van der Waals surface area contributed by atoms with Crippen molar-refractivity contribution in [3.8, 4) is 5.75 Å². The normalized spacial score (nSPS) is 20.4. The maximum atomic E-state index is 13.6. The molecule has 38 heavy (non-hydrogen) atoms. The Bertz CT molecular complexity index is 1630. The molecule has 3 heterocycles. The third kappa shape index (κ3) is 3.98. The first kappa shape index (κ1) is 24.4. The fourth-order valence-corrected chi connectivity index (χ4v) is 6.35. The number of hydrogen-bond acceptors (Lipinski definition) is 6. The van der Waals surface area contributed by atoms with Crippen LogP contribution in [0.15, 0.2) is 66.2 Å². The molecular formula is C31H28N2O4S. The summed E-state index contributed by atoms with van der Waals surface area (Å²) >= 11 is 1.37. The maximum absolute atomic E-state index is 13.6. The number of aliphatic hydroxyl groups excluding tert-OH is 1. The average molecular weight is 525 g/mol. The molecule has 4 aromatic rings. The number of ether oxygens (including phenoxy) is 1. The van der Waals surface area contributed by atoms with Crippen molar-refractivity contribution in [3.05, 3.63) is 94.1 Å². The van der Waals surface area contributed by atoms with Gasteiger partial charge in [-0.2, -0.15) is 0 Å². The predicted molar refractivity (Wildman–Crippen MR) is 150 cm³/mol. The number of aryl methyl sites for hydroxylation is 1. The Balaban J connectivity index is 1.53. The lowest BCUT2D eigenvalue weighted by molar-refractivity contribution is -0.132. The number of ketones is 1. The average Bonchev–Trinajstić information content (AvgIpc) is 3.55. The molecule has 0 radical (unpaired) electrons. The zero-order valence-electron chi connectivity index (χ0n) is 21.7. The molecule has 1 aromatic heterocycles. The Morgan fingerprint density at radius 2 is 1.84 bits per heavy atom. The Labute approximate surface area is 225 Å². The highest BCUT2D eigenvalue weighted by Gasteiger charge is 2.48. The number of hydrogen-bond donors (Lipinski definition) is 1. The van der Waals surface area contributed by atoms with Crippen LogP contribution in [0.1, 0.15) is 60.5 Å². The molecule has 1 saturated heterocycles. The van der Waals surface area contributed by atoms with Crippen LogP contribution in [0, 0.1) is 6.92 Å². The minimum atomic E-state index is -0.804. The lowest BCUT2D eigenvalue weighted by Gasteiger charge is -2.23. The minimum Gasteiger partial charge on any atom is -0.507 e. The van der Waals surface area contributed by atoms with Crippen molar-refractivity contribution in [2.45, 2.75) is 52.2 Å². The molecule has 2 aliphatic heterocycles. The molecule has 1 fully saturated rings. The molecule has 2 atom stereocenters. The number of nitrogens with zero attached hydrogens (tertiary/aromatic N) is 2. The number of aliphatic hydroxyl groups is 1. The van der Waals surface area contributed by atoms with Crippen molar-refractivity contribution >= 4 is 44.1 Å². The first-order valence-electron chi connectivity index (χ1n) is 12.8. The first-order valence-corrected chi connectivity index (χ1v) is 13.6. The molecule has 0 spiro atoms. The minimum absolute atomic E-state index is 0.0510. The Morgan fingerprint density at radius 3 is 2.58 bits per heavy atom. The van der Waals surface area contributed by atoms with Gasteiger partial charge < -0.3 is 9.84 Å². The number of rotatable bonds is 4. The lowest BCUT2D eigenvalue weighted by atomic mass is 9.93. The van der Waals surface area contributed by atoms with Crippen LogP contribution in [0.2, 0.25) is 0 Å². The van der Waals surface area contributed by atoms with Crippen LogP contribution in [-0.2, 0) is 16.0 Å². The van der Waals surface area contributed by atoms with Gasteiger partial charge in [0, 0.05) is 12.0 Å². The second-order valence-electron chi connectivity index (χ2n) is 10.4. The molecule has 192 valence electrons. The number of thiazole rings is 1. The highest BCUT2D eigenvalue weighted by Crippen LogP contribution is 2.45. The molecule has 1 amide bonds. The van der Waals surface area contributed by atoms with Gasteiger partial charge in [0.25, 0.3) is 5.78 Å². The van der Waals surface area contributed by atoms with Crippen molar-refractivity contribution in [1.29, 1.82) is 0 Å². The number of carbonyl (C=O) groups excluding carboxylic acids is 2. The lowest BCUT2D eigenvalue weighted by Crippen LogP contribution is -2.29. The highest BCUT2D eigenvalue weighted by atomic mass is 32.1. The van der Waals surface area contributed by atoms with Gasteiger partial charge in [-0.15, -0.1) is 0 Å². The van der Waals surface area contributed by atoms with Gasteiger partial charge >= 0.3 is 5.91 Å². The number of fused-ring (bicyclic) bond motifs is 2. The Morgan fingerprint density at radius 1 is 1.08 bits per heavy atom. The zero-order valence-corrected chi connectivity index (χ0v) is 22.5. The summed E-state index contributed by atoms with van der Waals surface area (Å²) in [5.74, 6) is -0.499. The number of Topliss-reactive ketones (excluding diaryl/α,β-unsaturated/α-hetero) is 1. The molecule has 0 bridgehead atoms. The van der Waals surface area contributed by atoms with Crippen LogP contribution in [0.5, 0.6) is 5.75 Å². The largest absolute Gasteiger partial charge is 0.507 e. The molecule has 1 N–H and O–H groups in total. The smallest absolute Gasteiger partial charge is 0.301 e. The molecule has 7 heteroatoms.